The monoisotopic (exact) mass is 435 g/mol. The topological polar surface area (TPSA) is 97.4 Å². The summed E-state index contributed by atoms with van der Waals surface area (Å²) in [4.78, 5) is 40.7. The Morgan fingerprint density at radius 1 is 1.14 bits per heavy atom. The zero-order valence-corrected chi connectivity index (χ0v) is 18.5. The van der Waals surface area contributed by atoms with Crippen LogP contribution in [0.3, 0.4) is 0 Å². The van der Waals surface area contributed by atoms with Gasteiger partial charge < -0.3 is 15.4 Å². The molecule has 2 aromatic rings. The highest BCUT2D eigenvalue weighted by Gasteiger charge is 2.18. The molecule has 9 heteroatoms. The minimum Gasteiger partial charge on any atom is -0.461 e. The van der Waals surface area contributed by atoms with E-state index < -0.39 is 5.97 Å². The SMILES string of the molecule is Cc1cccc(NC(=O)CSCC(=O)Nc2nc(C)c(C(=O)OCC(C)C)s2)c1. The lowest BCUT2D eigenvalue weighted by molar-refractivity contribution is -0.114. The van der Waals surface area contributed by atoms with Crippen LogP contribution in [0, 0.1) is 19.8 Å². The van der Waals surface area contributed by atoms with Crippen molar-refractivity contribution >= 4 is 51.7 Å². The van der Waals surface area contributed by atoms with Crippen LogP contribution in [0.4, 0.5) is 10.8 Å². The fourth-order valence-electron chi connectivity index (χ4n) is 2.26. The Bertz CT molecular complexity index is 880. The second-order valence-electron chi connectivity index (χ2n) is 6.88. The largest absolute Gasteiger partial charge is 0.461 e. The Morgan fingerprint density at radius 3 is 2.48 bits per heavy atom. The Morgan fingerprint density at radius 2 is 1.83 bits per heavy atom. The predicted molar refractivity (Wildman–Crippen MR) is 118 cm³/mol. The maximum Gasteiger partial charge on any atom is 0.350 e. The van der Waals surface area contributed by atoms with Gasteiger partial charge in [0, 0.05) is 5.69 Å². The molecule has 2 rings (SSSR count). The fourth-order valence-corrected chi connectivity index (χ4v) is 3.75. The highest BCUT2D eigenvalue weighted by Crippen LogP contribution is 2.24. The number of ether oxygens (including phenoxy) is 1. The Kier molecular flexibility index (Phi) is 8.66. The van der Waals surface area contributed by atoms with Gasteiger partial charge in [0.15, 0.2) is 5.13 Å². The molecule has 0 aliphatic heterocycles. The van der Waals surface area contributed by atoms with E-state index in [9.17, 15) is 14.4 Å². The van der Waals surface area contributed by atoms with Crippen LogP contribution in [0.25, 0.3) is 0 Å². The van der Waals surface area contributed by atoms with Crippen LogP contribution in [-0.2, 0) is 14.3 Å². The Hall–Kier alpha value is -2.39. The van der Waals surface area contributed by atoms with Crippen molar-refractivity contribution in [1.29, 1.82) is 0 Å². The van der Waals surface area contributed by atoms with Gasteiger partial charge in [0.25, 0.3) is 0 Å². The molecule has 1 aromatic carbocycles. The molecule has 0 saturated heterocycles. The van der Waals surface area contributed by atoms with Gasteiger partial charge in [-0.2, -0.15) is 0 Å². The highest BCUT2D eigenvalue weighted by molar-refractivity contribution is 8.00. The number of aryl methyl sites for hydroxylation is 2. The molecule has 0 atom stereocenters. The molecule has 0 saturated carbocycles. The van der Waals surface area contributed by atoms with Crippen LogP contribution >= 0.6 is 23.1 Å². The van der Waals surface area contributed by atoms with E-state index in [1.54, 1.807) is 6.92 Å². The van der Waals surface area contributed by atoms with Crippen LogP contribution in [0.5, 0.6) is 0 Å². The van der Waals surface area contributed by atoms with E-state index in [1.807, 2.05) is 45.0 Å². The van der Waals surface area contributed by atoms with Gasteiger partial charge in [0.2, 0.25) is 11.8 Å². The first-order chi connectivity index (χ1) is 13.7. The minimum absolute atomic E-state index is 0.104. The summed E-state index contributed by atoms with van der Waals surface area (Å²) in [5.74, 6) is -0.386. The van der Waals surface area contributed by atoms with Gasteiger partial charge in [-0.25, -0.2) is 9.78 Å². The van der Waals surface area contributed by atoms with Crippen LogP contribution in [-0.4, -0.2) is 40.9 Å². The summed E-state index contributed by atoms with van der Waals surface area (Å²) in [5.41, 5.74) is 2.31. The van der Waals surface area contributed by atoms with Crippen molar-refractivity contribution in [2.24, 2.45) is 5.92 Å². The molecular formula is C20H25N3O4S2. The van der Waals surface area contributed by atoms with Crippen molar-refractivity contribution < 1.29 is 19.1 Å². The molecule has 0 fully saturated rings. The van der Waals surface area contributed by atoms with Gasteiger partial charge in [-0.05, 0) is 37.5 Å². The van der Waals surface area contributed by atoms with Crippen molar-refractivity contribution in [3.05, 3.63) is 40.4 Å². The molecule has 1 aromatic heterocycles. The maximum atomic E-state index is 12.1. The average Bonchev–Trinajstić information content (AvgIpc) is 2.99. The molecule has 0 radical (unpaired) electrons. The molecule has 0 spiro atoms. The van der Waals surface area contributed by atoms with Gasteiger partial charge in [0.05, 0.1) is 23.8 Å². The first-order valence-corrected chi connectivity index (χ1v) is 11.1. The van der Waals surface area contributed by atoms with E-state index in [2.05, 4.69) is 15.6 Å². The smallest absolute Gasteiger partial charge is 0.350 e. The molecule has 0 bridgehead atoms. The van der Waals surface area contributed by atoms with E-state index in [-0.39, 0.29) is 29.2 Å². The van der Waals surface area contributed by atoms with E-state index >= 15 is 0 Å². The molecule has 2 N–H and O–H groups in total. The summed E-state index contributed by atoms with van der Waals surface area (Å²) in [6, 6.07) is 7.51. The summed E-state index contributed by atoms with van der Waals surface area (Å²) in [6.07, 6.45) is 0. The van der Waals surface area contributed by atoms with E-state index in [1.165, 1.54) is 11.8 Å². The predicted octanol–water partition coefficient (Wildman–Crippen LogP) is 3.88. The number of thiazole rings is 1. The van der Waals surface area contributed by atoms with Crippen molar-refractivity contribution in [3.63, 3.8) is 0 Å². The number of carbonyl (C=O) groups is 3. The van der Waals surface area contributed by atoms with Crippen molar-refractivity contribution in [1.82, 2.24) is 4.98 Å². The van der Waals surface area contributed by atoms with Gasteiger partial charge in [-0.1, -0.05) is 37.3 Å². The first-order valence-electron chi connectivity index (χ1n) is 9.13. The normalized spacial score (nSPS) is 10.7. The average molecular weight is 436 g/mol. The lowest BCUT2D eigenvalue weighted by Gasteiger charge is -2.06. The molecule has 156 valence electrons. The summed E-state index contributed by atoms with van der Waals surface area (Å²) in [7, 11) is 0. The van der Waals surface area contributed by atoms with E-state index in [4.69, 9.17) is 4.74 Å². The second kappa shape index (κ2) is 11.0. The number of nitrogens with zero attached hydrogens (tertiary/aromatic N) is 1. The number of anilines is 2. The number of thioether (sulfide) groups is 1. The van der Waals surface area contributed by atoms with Gasteiger partial charge in [0.1, 0.15) is 4.88 Å². The Labute approximate surface area is 178 Å². The van der Waals surface area contributed by atoms with Crippen LogP contribution in [0.1, 0.15) is 34.8 Å². The van der Waals surface area contributed by atoms with Gasteiger partial charge >= 0.3 is 5.97 Å². The summed E-state index contributed by atoms with van der Waals surface area (Å²) >= 11 is 2.29. The van der Waals surface area contributed by atoms with E-state index in [0.717, 1.165) is 22.6 Å². The summed E-state index contributed by atoms with van der Waals surface area (Å²) in [5, 5.41) is 5.80. The number of benzene rings is 1. The standard InChI is InChI=1S/C20H25N3O4S2/c1-12(2)9-27-19(26)18-14(4)21-20(29-18)23-17(25)11-28-10-16(24)22-15-7-5-6-13(3)8-15/h5-8,12H,9-11H2,1-4H3,(H,22,24)(H,21,23,25). The summed E-state index contributed by atoms with van der Waals surface area (Å²) in [6.45, 7) is 7.89. The first kappa shape index (κ1) is 22.9. The number of hydrogen-bond acceptors (Lipinski definition) is 7. The third kappa shape index (κ3) is 7.86. The molecule has 7 nitrogen and oxygen atoms in total. The lowest BCUT2D eigenvalue weighted by atomic mass is 10.2. The quantitative estimate of drug-likeness (QED) is 0.580. The molecule has 0 unspecified atom stereocenters. The van der Waals surface area contributed by atoms with Crippen molar-refractivity contribution in [2.75, 3.05) is 28.7 Å². The number of aromatic nitrogens is 1. The number of nitrogens with one attached hydrogen (secondary N) is 2. The number of amides is 2. The lowest BCUT2D eigenvalue weighted by Crippen LogP contribution is -2.18. The van der Waals surface area contributed by atoms with Crippen LogP contribution < -0.4 is 10.6 Å². The van der Waals surface area contributed by atoms with Gasteiger partial charge in [-0.15, -0.1) is 11.8 Å². The highest BCUT2D eigenvalue weighted by atomic mass is 32.2. The van der Waals surface area contributed by atoms with E-state index in [0.29, 0.717) is 22.3 Å². The van der Waals surface area contributed by atoms with Crippen molar-refractivity contribution in [3.8, 4) is 0 Å². The molecule has 0 aliphatic carbocycles. The zero-order chi connectivity index (χ0) is 21.4. The molecule has 1 heterocycles. The molecule has 0 aliphatic rings. The third-order valence-corrected chi connectivity index (χ3v) is 5.53. The molecule has 2 amide bonds. The number of carbonyl (C=O) groups excluding carboxylic acids is 3. The second-order valence-corrected chi connectivity index (χ2v) is 8.87. The number of esters is 1. The van der Waals surface area contributed by atoms with Crippen molar-refractivity contribution in [2.45, 2.75) is 27.7 Å². The van der Waals surface area contributed by atoms with Crippen LogP contribution in [0.2, 0.25) is 0 Å². The van der Waals surface area contributed by atoms with Gasteiger partial charge in [-0.3, -0.25) is 9.59 Å². The Balaban J connectivity index is 1.77. The number of rotatable bonds is 9. The number of hydrogen-bond donors (Lipinski definition) is 2. The molecular weight excluding hydrogens is 410 g/mol. The maximum absolute atomic E-state index is 12.1. The minimum atomic E-state index is -0.434. The molecule has 29 heavy (non-hydrogen) atoms. The third-order valence-electron chi connectivity index (χ3n) is 3.54. The van der Waals surface area contributed by atoms with Crippen LogP contribution in [0.15, 0.2) is 24.3 Å². The zero-order valence-electron chi connectivity index (χ0n) is 16.9. The fraction of sp³-hybridized carbons (Fsp3) is 0.400. The summed E-state index contributed by atoms with van der Waals surface area (Å²) < 4.78 is 5.21.